The summed E-state index contributed by atoms with van der Waals surface area (Å²) in [6.07, 6.45) is 5.83. The van der Waals surface area contributed by atoms with Crippen molar-refractivity contribution in [1.82, 2.24) is 14.7 Å². The lowest BCUT2D eigenvalue weighted by Crippen LogP contribution is -2.37. The molecule has 3 aromatic rings. The van der Waals surface area contributed by atoms with Crippen molar-refractivity contribution in [3.05, 3.63) is 71.8 Å². The molecule has 35 heavy (non-hydrogen) atoms. The number of nitrogens with zero attached hydrogens (tertiary/aromatic N) is 3. The van der Waals surface area contributed by atoms with E-state index in [0.717, 1.165) is 37.2 Å². The van der Waals surface area contributed by atoms with E-state index in [1.54, 1.807) is 25.3 Å². The summed E-state index contributed by atoms with van der Waals surface area (Å²) < 4.78 is 32.8. The Bertz CT molecular complexity index is 1110. The Kier molecular flexibility index (Phi) is 8.25. The van der Waals surface area contributed by atoms with E-state index in [1.807, 2.05) is 42.2 Å². The molecule has 0 saturated carbocycles. The van der Waals surface area contributed by atoms with Gasteiger partial charge in [0.2, 0.25) is 0 Å². The summed E-state index contributed by atoms with van der Waals surface area (Å²) in [4.78, 5) is 2.32. The Labute approximate surface area is 206 Å². The monoisotopic (exact) mass is 483 g/mol. The Hall–Kier alpha value is -3.10. The quantitative estimate of drug-likeness (QED) is 0.466. The number of methoxy groups -OCH3 is 1. The normalized spacial score (nSPS) is 18.7. The van der Waals surface area contributed by atoms with Gasteiger partial charge in [-0.05, 0) is 68.1 Å². The van der Waals surface area contributed by atoms with Crippen molar-refractivity contribution in [2.45, 2.75) is 44.9 Å². The minimum Gasteiger partial charge on any atom is -0.493 e. The number of aromatic nitrogens is 2. The first-order chi connectivity index (χ1) is 16.9. The smallest absolute Gasteiger partial charge is 0.165 e. The van der Waals surface area contributed by atoms with E-state index in [1.165, 1.54) is 6.07 Å². The van der Waals surface area contributed by atoms with E-state index in [-0.39, 0.29) is 12.4 Å². The van der Waals surface area contributed by atoms with Gasteiger partial charge in [-0.15, -0.1) is 0 Å². The molecule has 1 aromatic heterocycles. The molecule has 1 aliphatic rings. The summed E-state index contributed by atoms with van der Waals surface area (Å²) in [6, 6.07) is 12.3. The molecule has 188 valence electrons. The molecular formula is C27H34FN3O4. The molecule has 0 aliphatic carbocycles. The molecule has 4 rings (SSSR count). The minimum absolute atomic E-state index is 0.0831. The summed E-state index contributed by atoms with van der Waals surface area (Å²) in [6.45, 7) is 5.59. The van der Waals surface area contributed by atoms with E-state index in [2.05, 4.69) is 10.00 Å². The molecule has 0 amide bonds. The Morgan fingerprint density at radius 3 is 2.69 bits per heavy atom. The minimum atomic E-state index is -0.973. The van der Waals surface area contributed by atoms with E-state index < -0.39 is 11.4 Å². The maximum Gasteiger partial charge on any atom is 0.165 e. The van der Waals surface area contributed by atoms with Gasteiger partial charge in [0, 0.05) is 19.3 Å². The van der Waals surface area contributed by atoms with Crippen LogP contribution < -0.4 is 14.2 Å². The summed E-state index contributed by atoms with van der Waals surface area (Å²) in [5.74, 6) is 1.17. The summed E-state index contributed by atoms with van der Waals surface area (Å²) in [7, 11) is 1.64. The van der Waals surface area contributed by atoms with Gasteiger partial charge in [0.1, 0.15) is 13.2 Å². The van der Waals surface area contributed by atoms with Crippen LogP contribution in [0.3, 0.4) is 0 Å². The first-order valence-electron chi connectivity index (χ1n) is 12.0. The number of hydrogen-bond acceptors (Lipinski definition) is 6. The third-order valence-corrected chi connectivity index (χ3v) is 6.32. The van der Waals surface area contributed by atoms with Crippen LogP contribution in [0.2, 0.25) is 0 Å². The van der Waals surface area contributed by atoms with Crippen LogP contribution >= 0.6 is 0 Å². The number of likely N-dealkylation sites (tertiary alicyclic amines) is 1. The SMILES string of the molecule is COc1cc(CN2CCCC(O)(COc3ccccc3F)CC2)ccc1OCCn1cc(C)cn1. The molecule has 1 unspecified atom stereocenters. The molecule has 7 nitrogen and oxygen atoms in total. The molecule has 0 radical (unpaired) electrons. The second kappa shape index (κ2) is 11.6. The van der Waals surface area contributed by atoms with Gasteiger partial charge in [0.05, 0.1) is 25.5 Å². The van der Waals surface area contributed by atoms with Gasteiger partial charge in [-0.2, -0.15) is 5.10 Å². The van der Waals surface area contributed by atoms with Crippen LogP contribution in [0.15, 0.2) is 54.9 Å². The fourth-order valence-electron chi connectivity index (χ4n) is 4.34. The number of hydrogen-bond donors (Lipinski definition) is 1. The molecule has 0 spiro atoms. The number of benzene rings is 2. The highest BCUT2D eigenvalue weighted by atomic mass is 19.1. The summed E-state index contributed by atoms with van der Waals surface area (Å²) in [5.41, 5.74) is 1.26. The topological polar surface area (TPSA) is 69.0 Å². The molecule has 2 heterocycles. The van der Waals surface area contributed by atoms with Crippen molar-refractivity contribution in [3.63, 3.8) is 0 Å². The fourth-order valence-corrected chi connectivity index (χ4v) is 4.34. The van der Waals surface area contributed by atoms with E-state index in [0.29, 0.717) is 37.5 Å². The number of aryl methyl sites for hydroxylation is 1. The molecule has 2 aromatic carbocycles. The fraction of sp³-hybridized carbons (Fsp3) is 0.444. The number of ether oxygens (including phenoxy) is 3. The van der Waals surface area contributed by atoms with Crippen molar-refractivity contribution in [2.24, 2.45) is 0 Å². The van der Waals surface area contributed by atoms with Crippen LogP contribution in [-0.4, -0.2) is 58.8 Å². The zero-order valence-corrected chi connectivity index (χ0v) is 20.5. The lowest BCUT2D eigenvalue weighted by Gasteiger charge is -2.27. The number of para-hydroxylation sites is 1. The van der Waals surface area contributed by atoms with Gasteiger partial charge >= 0.3 is 0 Å². The maximum absolute atomic E-state index is 13.9. The molecule has 1 N–H and O–H groups in total. The molecule has 0 bridgehead atoms. The van der Waals surface area contributed by atoms with Crippen LogP contribution in [-0.2, 0) is 13.1 Å². The van der Waals surface area contributed by atoms with E-state index >= 15 is 0 Å². The zero-order chi connectivity index (χ0) is 24.7. The van der Waals surface area contributed by atoms with Gasteiger partial charge in [0.15, 0.2) is 23.1 Å². The van der Waals surface area contributed by atoms with Crippen molar-refractivity contribution in [2.75, 3.05) is 33.4 Å². The van der Waals surface area contributed by atoms with E-state index in [9.17, 15) is 9.50 Å². The number of halogens is 1. The predicted molar refractivity (Wildman–Crippen MR) is 131 cm³/mol. The van der Waals surface area contributed by atoms with Crippen molar-refractivity contribution < 1.29 is 23.7 Å². The average molecular weight is 484 g/mol. The lowest BCUT2D eigenvalue weighted by atomic mass is 9.96. The molecule has 1 fully saturated rings. The lowest BCUT2D eigenvalue weighted by molar-refractivity contribution is -0.0177. The van der Waals surface area contributed by atoms with Gasteiger partial charge in [0.25, 0.3) is 0 Å². The highest BCUT2D eigenvalue weighted by molar-refractivity contribution is 5.43. The van der Waals surface area contributed by atoms with Crippen molar-refractivity contribution in [3.8, 4) is 17.2 Å². The Morgan fingerprint density at radius 1 is 1.06 bits per heavy atom. The van der Waals surface area contributed by atoms with Gasteiger partial charge < -0.3 is 19.3 Å². The Balaban J connectivity index is 1.29. The van der Waals surface area contributed by atoms with Crippen molar-refractivity contribution in [1.29, 1.82) is 0 Å². The third kappa shape index (κ3) is 6.96. The third-order valence-electron chi connectivity index (χ3n) is 6.32. The van der Waals surface area contributed by atoms with Gasteiger partial charge in [-0.25, -0.2) is 4.39 Å². The first kappa shape index (κ1) is 25.0. The number of rotatable bonds is 10. The highest BCUT2D eigenvalue weighted by Crippen LogP contribution is 2.30. The molecular weight excluding hydrogens is 449 g/mol. The zero-order valence-electron chi connectivity index (χ0n) is 20.5. The van der Waals surface area contributed by atoms with Crippen molar-refractivity contribution >= 4 is 0 Å². The van der Waals surface area contributed by atoms with Crippen LogP contribution in [0.1, 0.15) is 30.4 Å². The van der Waals surface area contributed by atoms with Crippen LogP contribution in [0.4, 0.5) is 4.39 Å². The summed E-state index contributed by atoms with van der Waals surface area (Å²) in [5, 5.41) is 15.3. The van der Waals surface area contributed by atoms with Crippen LogP contribution in [0, 0.1) is 12.7 Å². The summed E-state index contributed by atoms with van der Waals surface area (Å²) >= 11 is 0. The standard InChI is InChI=1S/C27H34FN3O4/c1-21-17-29-31(18-21)14-15-34-25-9-8-22(16-26(25)33-2)19-30-12-5-10-27(32,11-13-30)20-35-24-7-4-3-6-23(24)28/h3-4,6-9,16-18,32H,5,10-15,19-20H2,1-2H3. The molecule has 8 heteroatoms. The highest BCUT2D eigenvalue weighted by Gasteiger charge is 2.31. The first-order valence-corrected chi connectivity index (χ1v) is 12.0. The Morgan fingerprint density at radius 2 is 1.91 bits per heavy atom. The second-order valence-electron chi connectivity index (χ2n) is 9.19. The molecule has 1 atom stereocenters. The molecule has 1 aliphatic heterocycles. The molecule has 1 saturated heterocycles. The van der Waals surface area contributed by atoms with Gasteiger partial charge in [-0.3, -0.25) is 9.58 Å². The van der Waals surface area contributed by atoms with Crippen LogP contribution in [0.5, 0.6) is 17.2 Å². The van der Waals surface area contributed by atoms with Gasteiger partial charge in [-0.1, -0.05) is 18.2 Å². The largest absolute Gasteiger partial charge is 0.493 e. The average Bonchev–Trinajstić information content (AvgIpc) is 3.18. The van der Waals surface area contributed by atoms with Crippen LogP contribution in [0.25, 0.3) is 0 Å². The second-order valence-corrected chi connectivity index (χ2v) is 9.19. The van der Waals surface area contributed by atoms with E-state index in [4.69, 9.17) is 14.2 Å². The number of aliphatic hydroxyl groups is 1. The predicted octanol–water partition coefficient (Wildman–Crippen LogP) is 4.21. The maximum atomic E-state index is 13.9.